The quantitative estimate of drug-likeness (QED) is 0.870. The van der Waals surface area contributed by atoms with Crippen LogP contribution in [-0.2, 0) is 0 Å². The Morgan fingerprint density at radius 2 is 1.88 bits per heavy atom. The van der Waals surface area contributed by atoms with Gasteiger partial charge in [-0.1, -0.05) is 25.8 Å². The molecule has 2 amide bonds. The van der Waals surface area contributed by atoms with E-state index in [1.54, 1.807) is 30.3 Å². The Labute approximate surface area is 146 Å². The van der Waals surface area contributed by atoms with Crippen molar-refractivity contribution in [1.29, 1.82) is 0 Å². The molecule has 1 aromatic heterocycles. The highest BCUT2D eigenvalue weighted by atomic mass is 32.1. The molecular formula is C19H22N2O2S. The van der Waals surface area contributed by atoms with Gasteiger partial charge in [0.25, 0.3) is 11.8 Å². The molecule has 1 heterocycles. The molecule has 0 spiro atoms. The van der Waals surface area contributed by atoms with Crippen LogP contribution < -0.4 is 10.6 Å². The molecule has 0 radical (unpaired) electrons. The van der Waals surface area contributed by atoms with Crippen molar-refractivity contribution in [3.63, 3.8) is 0 Å². The molecule has 1 saturated carbocycles. The Balaban J connectivity index is 1.57. The Morgan fingerprint density at radius 3 is 2.54 bits per heavy atom. The number of thiophene rings is 1. The van der Waals surface area contributed by atoms with Crippen molar-refractivity contribution >= 4 is 28.8 Å². The number of hydrogen-bond acceptors (Lipinski definition) is 3. The van der Waals surface area contributed by atoms with Crippen molar-refractivity contribution in [3.8, 4) is 0 Å². The zero-order chi connectivity index (χ0) is 16.9. The Kier molecular flexibility index (Phi) is 5.30. The maximum Gasteiger partial charge on any atom is 0.265 e. The van der Waals surface area contributed by atoms with Crippen molar-refractivity contribution in [2.24, 2.45) is 5.92 Å². The first-order valence-corrected chi connectivity index (χ1v) is 9.25. The molecule has 126 valence electrons. The summed E-state index contributed by atoms with van der Waals surface area (Å²) in [6.07, 6.45) is 4.55. The minimum absolute atomic E-state index is 0.0368. The van der Waals surface area contributed by atoms with Gasteiger partial charge in [-0.05, 0) is 54.5 Å². The molecule has 3 rings (SSSR count). The van der Waals surface area contributed by atoms with Gasteiger partial charge in [-0.25, -0.2) is 0 Å². The SMILES string of the molecule is CC1CCCC(NC(=O)c2ccc(NC(=O)c3cccs3)cc2)C1. The third kappa shape index (κ3) is 4.23. The molecule has 4 nitrogen and oxygen atoms in total. The van der Waals surface area contributed by atoms with Gasteiger partial charge in [-0.2, -0.15) is 0 Å². The summed E-state index contributed by atoms with van der Waals surface area (Å²) in [7, 11) is 0. The van der Waals surface area contributed by atoms with E-state index in [1.165, 1.54) is 24.2 Å². The lowest BCUT2D eigenvalue weighted by atomic mass is 9.87. The Morgan fingerprint density at radius 1 is 1.08 bits per heavy atom. The fraction of sp³-hybridized carbons (Fsp3) is 0.368. The molecule has 2 N–H and O–H groups in total. The van der Waals surface area contributed by atoms with Crippen LogP contribution in [0.3, 0.4) is 0 Å². The van der Waals surface area contributed by atoms with Crippen LogP contribution in [0.25, 0.3) is 0 Å². The minimum atomic E-state index is -0.126. The maximum absolute atomic E-state index is 12.3. The highest BCUT2D eigenvalue weighted by Crippen LogP contribution is 2.24. The van der Waals surface area contributed by atoms with E-state index in [0.717, 1.165) is 12.8 Å². The van der Waals surface area contributed by atoms with Crippen LogP contribution >= 0.6 is 11.3 Å². The van der Waals surface area contributed by atoms with E-state index in [4.69, 9.17) is 0 Å². The molecule has 0 bridgehead atoms. The van der Waals surface area contributed by atoms with Crippen LogP contribution in [0.2, 0.25) is 0 Å². The summed E-state index contributed by atoms with van der Waals surface area (Å²) in [6, 6.07) is 11.0. The lowest BCUT2D eigenvalue weighted by molar-refractivity contribution is 0.0921. The summed E-state index contributed by atoms with van der Waals surface area (Å²) in [5.74, 6) is 0.516. The summed E-state index contributed by atoms with van der Waals surface area (Å²) in [4.78, 5) is 25.0. The van der Waals surface area contributed by atoms with Gasteiger partial charge in [0.2, 0.25) is 0 Å². The van der Waals surface area contributed by atoms with Gasteiger partial charge in [0.05, 0.1) is 4.88 Å². The number of carbonyl (C=O) groups is 2. The molecule has 0 aliphatic heterocycles. The largest absolute Gasteiger partial charge is 0.349 e. The molecule has 2 unspecified atom stereocenters. The van der Waals surface area contributed by atoms with E-state index in [0.29, 0.717) is 22.0 Å². The number of anilines is 1. The average Bonchev–Trinajstić information content (AvgIpc) is 3.10. The second kappa shape index (κ2) is 7.62. The highest BCUT2D eigenvalue weighted by molar-refractivity contribution is 7.12. The normalized spacial score (nSPS) is 20.4. The van der Waals surface area contributed by atoms with Gasteiger partial charge < -0.3 is 10.6 Å². The highest BCUT2D eigenvalue weighted by Gasteiger charge is 2.20. The van der Waals surface area contributed by atoms with Crippen molar-refractivity contribution in [2.45, 2.75) is 38.6 Å². The van der Waals surface area contributed by atoms with Crippen molar-refractivity contribution in [3.05, 3.63) is 52.2 Å². The number of carbonyl (C=O) groups excluding carboxylic acids is 2. The third-order valence-electron chi connectivity index (χ3n) is 4.42. The van der Waals surface area contributed by atoms with E-state index < -0.39 is 0 Å². The molecule has 1 fully saturated rings. The summed E-state index contributed by atoms with van der Waals surface area (Å²) in [5, 5.41) is 7.83. The molecule has 0 saturated heterocycles. The van der Waals surface area contributed by atoms with E-state index in [-0.39, 0.29) is 17.9 Å². The molecule has 24 heavy (non-hydrogen) atoms. The second-order valence-corrected chi connectivity index (χ2v) is 7.40. The zero-order valence-electron chi connectivity index (χ0n) is 13.7. The second-order valence-electron chi connectivity index (χ2n) is 6.45. The van der Waals surface area contributed by atoms with Gasteiger partial charge in [-0.15, -0.1) is 11.3 Å². The zero-order valence-corrected chi connectivity index (χ0v) is 14.6. The monoisotopic (exact) mass is 342 g/mol. The van der Waals surface area contributed by atoms with Crippen molar-refractivity contribution in [2.75, 3.05) is 5.32 Å². The molecule has 2 aromatic rings. The maximum atomic E-state index is 12.3. The first-order chi connectivity index (χ1) is 11.6. The van der Waals surface area contributed by atoms with E-state index in [2.05, 4.69) is 17.6 Å². The number of hydrogen-bond donors (Lipinski definition) is 2. The Bertz CT molecular complexity index is 695. The van der Waals surface area contributed by atoms with Crippen LogP contribution in [0, 0.1) is 5.92 Å². The standard InChI is InChI=1S/C19H22N2O2S/c1-13-4-2-5-16(12-13)21-18(22)14-7-9-15(10-8-14)20-19(23)17-6-3-11-24-17/h3,6-11,13,16H,2,4-5,12H2,1H3,(H,20,23)(H,21,22). The van der Waals surface area contributed by atoms with Crippen molar-refractivity contribution < 1.29 is 9.59 Å². The van der Waals surface area contributed by atoms with Gasteiger partial charge in [0.1, 0.15) is 0 Å². The molecule has 5 heteroatoms. The number of benzene rings is 1. The topological polar surface area (TPSA) is 58.2 Å². The first-order valence-electron chi connectivity index (χ1n) is 8.37. The van der Waals surface area contributed by atoms with Gasteiger partial charge in [0.15, 0.2) is 0 Å². The molecular weight excluding hydrogens is 320 g/mol. The summed E-state index contributed by atoms with van der Waals surface area (Å²) < 4.78 is 0. The fourth-order valence-electron chi connectivity index (χ4n) is 3.14. The van der Waals surface area contributed by atoms with Gasteiger partial charge in [-0.3, -0.25) is 9.59 Å². The third-order valence-corrected chi connectivity index (χ3v) is 5.29. The average molecular weight is 342 g/mol. The molecule has 1 aliphatic carbocycles. The summed E-state index contributed by atoms with van der Waals surface area (Å²) >= 11 is 1.40. The van der Waals surface area contributed by atoms with Crippen LogP contribution in [0.15, 0.2) is 41.8 Å². The van der Waals surface area contributed by atoms with E-state index >= 15 is 0 Å². The predicted molar refractivity (Wildman–Crippen MR) is 97.6 cm³/mol. The smallest absolute Gasteiger partial charge is 0.265 e. The number of amides is 2. The number of rotatable bonds is 4. The van der Waals surface area contributed by atoms with Crippen LogP contribution in [0.4, 0.5) is 5.69 Å². The van der Waals surface area contributed by atoms with E-state index in [9.17, 15) is 9.59 Å². The molecule has 1 aromatic carbocycles. The summed E-state index contributed by atoms with van der Waals surface area (Å²) in [6.45, 7) is 2.24. The van der Waals surface area contributed by atoms with Crippen LogP contribution in [-0.4, -0.2) is 17.9 Å². The molecule has 1 aliphatic rings. The van der Waals surface area contributed by atoms with Crippen molar-refractivity contribution in [1.82, 2.24) is 5.32 Å². The van der Waals surface area contributed by atoms with Crippen LogP contribution in [0.1, 0.15) is 52.6 Å². The summed E-state index contributed by atoms with van der Waals surface area (Å²) in [5.41, 5.74) is 1.32. The predicted octanol–water partition coefficient (Wildman–Crippen LogP) is 4.31. The lowest BCUT2D eigenvalue weighted by Gasteiger charge is -2.27. The van der Waals surface area contributed by atoms with Gasteiger partial charge in [0, 0.05) is 17.3 Å². The minimum Gasteiger partial charge on any atom is -0.349 e. The number of nitrogens with one attached hydrogen (secondary N) is 2. The van der Waals surface area contributed by atoms with E-state index in [1.807, 2.05) is 11.4 Å². The van der Waals surface area contributed by atoms with Gasteiger partial charge >= 0.3 is 0 Å². The fourth-order valence-corrected chi connectivity index (χ4v) is 3.76. The first kappa shape index (κ1) is 16.7. The Hall–Kier alpha value is -2.14. The lowest BCUT2D eigenvalue weighted by Crippen LogP contribution is -2.37. The molecule has 2 atom stereocenters. The van der Waals surface area contributed by atoms with Crippen LogP contribution in [0.5, 0.6) is 0 Å².